The zero-order chi connectivity index (χ0) is 21.4. The van der Waals surface area contributed by atoms with Gasteiger partial charge in [0.1, 0.15) is 5.60 Å². The highest BCUT2D eigenvalue weighted by Gasteiger charge is 2.26. The Hall–Kier alpha value is -2.91. The van der Waals surface area contributed by atoms with Gasteiger partial charge in [0.15, 0.2) is 0 Å². The van der Waals surface area contributed by atoms with Gasteiger partial charge in [-0.2, -0.15) is 0 Å². The van der Waals surface area contributed by atoms with E-state index < -0.39 is 5.60 Å². The fraction of sp³-hybridized carbons (Fsp3) is 0.296. The van der Waals surface area contributed by atoms with Gasteiger partial charge < -0.3 is 4.74 Å². The van der Waals surface area contributed by atoms with Crippen molar-refractivity contribution in [2.45, 2.75) is 51.9 Å². The third-order valence-corrected chi connectivity index (χ3v) is 4.86. The molecule has 0 aliphatic rings. The predicted molar refractivity (Wildman–Crippen MR) is 122 cm³/mol. The molecule has 0 amide bonds. The number of benzene rings is 3. The Morgan fingerprint density at radius 1 is 0.767 bits per heavy atom. The number of nitrogens with zero attached hydrogens (tertiary/aromatic N) is 1. The molecule has 3 nitrogen and oxygen atoms in total. The second-order valence-corrected chi connectivity index (χ2v) is 8.59. The van der Waals surface area contributed by atoms with Crippen molar-refractivity contribution < 1.29 is 9.53 Å². The van der Waals surface area contributed by atoms with Gasteiger partial charge in [0.25, 0.3) is 0 Å². The number of carbonyl (C=O) groups is 1. The van der Waals surface area contributed by atoms with Crippen LogP contribution in [0.15, 0.2) is 91.0 Å². The summed E-state index contributed by atoms with van der Waals surface area (Å²) in [4.78, 5) is 15.2. The summed E-state index contributed by atoms with van der Waals surface area (Å²) in [6.45, 7) is 7.23. The minimum absolute atomic E-state index is 0.0820. The highest BCUT2D eigenvalue weighted by Crippen LogP contribution is 2.29. The van der Waals surface area contributed by atoms with Crippen molar-refractivity contribution in [1.82, 2.24) is 4.90 Å². The molecule has 1 atom stereocenters. The number of rotatable bonds is 8. The Labute approximate surface area is 180 Å². The summed E-state index contributed by atoms with van der Waals surface area (Å²) in [6, 6.07) is 31.0. The van der Waals surface area contributed by atoms with Crippen LogP contribution in [0.25, 0.3) is 0 Å². The molecule has 0 radical (unpaired) electrons. The van der Waals surface area contributed by atoms with Gasteiger partial charge >= 0.3 is 5.97 Å². The van der Waals surface area contributed by atoms with Crippen molar-refractivity contribution in [3.63, 3.8) is 0 Å². The van der Waals surface area contributed by atoms with E-state index in [9.17, 15) is 4.79 Å². The summed E-state index contributed by atoms with van der Waals surface area (Å²) in [6.07, 6.45) is 0.306. The summed E-state index contributed by atoms with van der Waals surface area (Å²) in [7, 11) is 0. The van der Waals surface area contributed by atoms with Crippen molar-refractivity contribution >= 4 is 5.97 Å². The van der Waals surface area contributed by atoms with E-state index >= 15 is 0 Å². The Kier molecular flexibility index (Phi) is 7.42. The molecule has 0 heterocycles. The van der Waals surface area contributed by atoms with E-state index in [2.05, 4.69) is 65.6 Å². The second-order valence-electron chi connectivity index (χ2n) is 8.59. The molecule has 0 fully saturated rings. The summed E-state index contributed by atoms with van der Waals surface area (Å²) < 4.78 is 5.67. The van der Waals surface area contributed by atoms with E-state index in [0.717, 1.165) is 18.7 Å². The van der Waals surface area contributed by atoms with Gasteiger partial charge in [-0.3, -0.25) is 9.69 Å². The molecular weight excluding hydrogens is 370 g/mol. The van der Waals surface area contributed by atoms with Gasteiger partial charge in [0.05, 0.1) is 6.42 Å². The SMILES string of the molecule is CC(C)(C)OC(=O)C[C@H](c1ccccc1)N(Cc1ccccc1)Cc1ccccc1. The van der Waals surface area contributed by atoms with Crippen molar-refractivity contribution in [3.05, 3.63) is 108 Å². The monoisotopic (exact) mass is 401 g/mol. The minimum Gasteiger partial charge on any atom is -0.460 e. The summed E-state index contributed by atoms with van der Waals surface area (Å²) in [5.41, 5.74) is 3.06. The first-order valence-corrected chi connectivity index (χ1v) is 10.5. The molecule has 0 bridgehead atoms. The quantitative estimate of drug-likeness (QED) is 0.423. The highest BCUT2D eigenvalue weighted by molar-refractivity contribution is 5.71. The van der Waals surface area contributed by atoms with E-state index in [1.807, 2.05) is 51.1 Å². The molecule has 3 aromatic carbocycles. The largest absolute Gasteiger partial charge is 0.460 e. The summed E-state index contributed by atoms with van der Waals surface area (Å²) in [5, 5.41) is 0. The molecule has 0 unspecified atom stereocenters. The third kappa shape index (κ3) is 6.85. The van der Waals surface area contributed by atoms with Crippen molar-refractivity contribution in [2.75, 3.05) is 0 Å². The van der Waals surface area contributed by atoms with Gasteiger partial charge in [0.2, 0.25) is 0 Å². The normalized spacial score (nSPS) is 12.5. The molecule has 30 heavy (non-hydrogen) atoms. The maximum absolute atomic E-state index is 12.8. The van der Waals surface area contributed by atoms with Gasteiger partial charge in [-0.15, -0.1) is 0 Å². The van der Waals surface area contributed by atoms with Crippen LogP contribution in [0.5, 0.6) is 0 Å². The van der Waals surface area contributed by atoms with Crippen LogP contribution < -0.4 is 0 Å². The first-order chi connectivity index (χ1) is 14.4. The van der Waals surface area contributed by atoms with E-state index in [0.29, 0.717) is 6.42 Å². The van der Waals surface area contributed by atoms with Crippen molar-refractivity contribution in [2.24, 2.45) is 0 Å². The Bertz CT molecular complexity index is 860. The number of esters is 1. The van der Waals surface area contributed by atoms with Crippen LogP contribution in [0.1, 0.15) is 49.9 Å². The van der Waals surface area contributed by atoms with Crippen LogP contribution >= 0.6 is 0 Å². The summed E-state index contributed by atoms with van der Waals surface area (Å²) >= 11 is 0. The topological polar surface area (TPSA) is 29.5 Å². The van der Waals surface area contributed by atoms with Crippen LogP contribution in [0.2, 0.25) is 0 Å². The molecule has 0 aliphatic carbocycles. The van der Waals surface area contributed by atoms with E-state index in [4.69, 9.17) is 4.74 Å². The highest BCUT2D eigenvalue weighted by atomic mass is 16.6. The number of hydrogen-bond donors (Lipinski definition) is 0. The molecule has 3 rings (SSSR count). The van der Waals surface area contributed by atoms with Crippen LogP contribution in [0.3, 0.4) is 0 Å². The van der Waals surface area contributed by atoms with Crippen LogP contribution in [-0.4, -0.2) is 16.5 Å². The van der Waals surface area contributed by atoms with E-state index in [1.165, 1.54) is 11.1 Å². The average Bonchev–Trinajstić information content (AvgIpc) is 2.72. The zero-order valence-electron chi connectivity index (χ0n) is 18.1. The lowest BCUT2D eigenvalue weighted by molar-refractivity contribution is -0.156. The Balaban J connectivity index is 1.93. The Morgan fingerprint density at radius 3 is 1.63 bits per heavy atom. The zero-order valence-corrected chi connectivity index (χ0v) is 18.1. The van der Waals surface area contributed by atoms with Crippen molar-refractivity contribution in [3.8, 4) is 0 Å². The molecular formula is C27H31NO2. The smallest absolute Gasteiger partial charge is 0.308 e. The van der Waals surface area contributed by atoms with Gasteiger partial charge in [-0.1, -0.05) is 91.0 Å². The molecule has 0 saturated heterocycles. The van der Waals surface area contributed by atoms with Crippen LogP contribution in [-0.2, 0) is 22.6 Å². The lowest BCUT2D eigenvalue weighted by Crippen LogP contribution is -2.32. The fourth-order valence-electron chi connectivity index (χ4n) is 3.59. The van der Waals surface area contributed by atoms with Crippen molar-refractivity contribution in [1.29, 1.82) is 0 Å². The number of ether oxygens (including phenoxy) is 1. The first kappa shape index (κ1) is 21.8. The lowest BCUT2D eigenvalue weighted by Gasteiger charge is -2.33. The fourth-order valence-corrected chi connectivity index (χ4v) is 3.59. The first-order valence-electron chi connectivity index (χ1n) is 10.5. The summed E-state index contributed by atoms with van der Waals surface area (Å²) in [5.74, 6) is -0.178. The van der Waals surface area contributed by atoms with Gasteiger partial charge in [-0.25, -0.2) is 0 Å². The van der Waals surface area contributed by atoms with Gasteiger partial charge in [-0.05, 0) is 37.5 Å². The number of carbonyl (C=O) groups excluding carboxylic acids is 1. The third-order valence-electron chi connectivity index (χ3n) is 4.86. The average molecular weight is 402 g/mol. The maximum atomic E-state index is 12.8. The standard InChI is InChI=1S/C27H31NO2/c1-27(2,3)30-26(29)19-25(24-17-11-6-12-18-24)28(20-22-13-7-4-8-14-22)21-23-15-9-5-10-16-23/h4-18,25H,19-21H2,1-3H3/t25-/m1/s1. The van der Waals surface area contributed by atoms with Crippen LogP contribution in [0, 0.1) is 0 Å². The molecule has 156 valence electrons. The second kappa shape index (κ2) is 10.2. The molecule has 3 heteroatoms. The molecule has 0 aliphatic heterocycles. The van der Waals surface area contributed by atoms with Crippen LogP contribution in [0.4, 0.5) is 0 Å². The van der Waals surface area contributed by atoms with E-state index in [1.54, 1.807) is 0 Å². The minimum atomic E-state index is -0.498. The molecule has 3 aromatic rings. The van der Waals surface area contributed by atoms with Gasteiger partial charge in [0, 0.05) is 19.1 Å². The number of hydrogen-bond acceptors (Lipinski definition) is 3. The molecule has 0 N–H and O–H groups in total. The predicted octanol–water partition coefficient (Wildman–Crippen LogP) is 6.16. The Morgan fingerprint density at radius 2 is 1.20 bits per heavy atom. The molecule has 0 saturated carbocycles. The maximum Gasteiger partial charge on any atom is 0.308 e. The van der Waals surface area contributed by atoms with E-state index in [-0.39, 0.29) is 12.0 Å². The lowest BCUT2D eigenvalue weighted by atomic mass is 9.99. The molecule has 0 spiro atoms. The molecule has 0 aromatic heterocycles.